The van der Waals surface area contributed by atoms with Gasteiger partial charge in [-0.1, -0.05) is 6.07 Å². The third kappa shape index (κ3) is 4.59. The van der Waals surface area contributed by atoms with Crippen molar-refractivity contribution in [1.29, 1.82) is 0 Å². The smallest absolute Gasteiger partial charge is 0.255 e. The van der Waals surface area contributed by atoms with E-state index in [1.54, 1.807) is 68.0 Å². The van der Waals surface area contributed by atoms with Crippen LogP contribution >= 0.6 is 0 Å². The molecule has 4 aromatic rings. The standard InChI is InChI=1S/C24H23N5O3/c1-15-16(2)29(14-25-15)22-13-23(27-17(3)26-22)32-20-10-8-19(9-11-20)28-24(30)18-6-5-7-21(12-18)31-4/h5-14H,1-4H3,(H,28,30). The summed E-state index contributed by atoms with van der Waals surface area (Å²) >= 11 is 0. The molecular weight excluding hydrogens is 406 g/mol. The maximum atomic E-state index is 12.5. The number of hydrogen-bond donors (Lipinski definition) is 1. The van der Waals surface area contributed by atoms with Crippen LogP contribution in [0.4, 0.5) is 5.69 Å². The van der Waals surface area contributed by atoms with Crippen molar-refractivity contribution in [3.63, 3.8) is 0 Å². The summed E-state index contributed by atoms with van der Waals surface area (Å²) in [6, 6.07) is 15.8. The Labute approximate surface area is 185 Å². The van der Waals surface area contributed by atoms with Gasteiger partial charge in [0.2, 0.25) is 5.88 Å². The molecule has 0 saturated heterocycles. The molecule has 0 fully saturated rings. The van der Waals surface area contributed by atoms with Crippen LogP contribution in [0.15, 0.2) is 60.9 Å². The summed E-state index contributed by atoms with van der Waals surface area (Å²) in [6.45, 7) is 5.75. The van der Waals surface area contributed by atoms with Crippen LogP contribution in [-0.4, -0.2) is 32.5 Å². The maximum Gasteiger partial charge on any atom is 0.255 e. The number of amides is 1. The lowest BCUT2D eigenvalue weighted by Crippen LogP contribution is -2.11. The molecular formula is C24H23N5O3. The second kappa shape index (κ2) is 8.89. The minimum Gasteiger partial charge on any atom is -0.497 e. The van der Waals surface area contributed by atoms with E-state index in [4.69, 9.17) is 9.47 Å². The quantitative estimate of drug-likeness (QED) is 0.480. The van der Waals surface area contributed by atoms with Gasteiger partial charge < -0.3 is 14.8 Å². The van der Waals surface area contributed by atoms with Crippen molar-refractivity contribution >= 4 is 11.6 Å². The van der Waals surface area contributed by atoms with E-state index in [0.29, 0.717) is 40.3 Å². The van der Waals surface area contributed by atoms with Gasteiger partial charge in [-0.15, -0.1) is 0 Å². The van der Waals surface area contributed by atoms with Crippen molar-refractivity contribution in [2.24, 2.45) is 0 Å². The summed E-state index contributed by atoms with van der Waals surface area (Å²) in [5.74, 6) is 2.69. The third-order valence-electron chi connectivity index (χ3n) is 4.97. The van der Waals surface area contributed by atoms with E-state index in [-0.39, 0.29) is 5.91 Å². The maximum absolute atomic E-state index is 12.5. The van der Waals surface area contributed by atoms with Crippen LogP contribution in [0.25, 0.3) is 5.82 Å². The zero-order valence-corrected chi connectivity index (χ0v) is 18.3. The van der Waals surface area contributed by atoms with Crippen molar-refractivity contribution in [2.75, 3.05) is 12.4 Å². The van der Waals surface area contributed by atoms with Gasteiger partial charge in [0.05, 0.1) is 12.8 Å². The van der Waals surface area contributed by atoms with E-state index in [2.05, 4.69) is 20.3 Å². The highest BCUT2D eigenvalue weighted by molar-refractivity contribution is 6.04. The Balaban J connectivity index is 1.48. The van der Waals surface area contributed by atoms with E-state index < -0.39 is 0 Å². The summed E-state index contributed by atoms with van der Waals surface area (Å²) < 4.78 is 13.0. The zero-order valence-electron chi connectivity index (χ0n) is 18.3. The number of anilines is 1. The van der Waals surface area contributed by atoms with Crippen LogP contribution in [0.5, 0.6) is 17.4 Å². The van der Waals surface area contributed by atoms with Crippen LogP contribution in [-0.2, 0) is 0 Å². The predicted octanol–water partition coefficient (Wildman–Crippen LogP) is 4.64. The highest BCUT2D eigenvalue weighted by Crippen LogP contribution is 2.24. The average molecular weight is 429 g/mol. The summed E-state index contributed by atoms with van der Waals surface area (Å²) in [4.78, 5) is 25.6. The molecule has 8 nitrogen and oxygen atoms in total. The normalized spacial score (nSPS) is 10.6. The molecule has 0 unspecified atom stereocenters. The number of hydrogen-bond acceptors (Lipinski definition) is 6. The number of imidazole rings is 1. The Morgan fingerprint density at radius 2 is 1.75 bits per heavy atom. The Bertz CT molecular complexity index is 1270. The van der Waals surface area contributed by atoms with Gasteiger partial charge in [-0.2, -0.15) is 4.98 Å². The first-order valence-electron chi connectivity index (χ1n) is 10.0. The van der Waals surface area contributed by atoms with Crippen molar-refractivity contribution < 1.29 is 14.3 Å². The highest BCUT2D eigenvalue weighted by atomic mass is 16.5. The number of carbonyl (C=O) groups is 1. The lowest BCUT2D eigenvalue weighted by atomic mass is 10.2. The summed E-state index contributed by atoms with van der Waals surface area (Å²) in [5, 5.41) is 2.86. The minimum absolute atomic E-state index is 0.223. The van der Waals surface area contributed by atoms with Crippen LogP contribution in [0, 0.1) is 20.8 Å². The summed E-state index contributed by atoms with van der Waals surface area (Å²) in [7, 11) is 1.56. The number of carbonyl (C=O) groups excluding carboxylic acids is 1. The molecule has 0 saturated carbocycles. The number of nitrogens with one attached hydrogen (secondary N) is 1. The van der Waals surface area contributed by atoms with Gasteiger partial charge in [-0.25, -0.2) is 9.97 Å². The Morgan fingerprint density at radius 3 is 2.44 bits per heavy atom. The molecule has 0 bridgehead atoms. The molecule has 2 heterocycles. The van der Waals surface area contributed by atoms with E-state index >= 15 is 0 Å². The molecule has 0 spiro atoms. The number of rotatable bonds is 6. The van der Waals surface area contributed by atoms with E-state index in [1.807, 2.05) is 25.3 Å². The fourth-order valence-electron chi connectivity index (χ4n) is 3.13. The van der Waals surface area contributed by atoms with Gasteiger partial charge in [0.15, 0.2) is 0 Å². The third-order valence-corrected chi connectivity index (χ3v) is 4.97. The SMILES string of the molecule is COc1cccc(C(=O)Nc2ccc(Oc3cc(-n4cnc(C)c4C)nc(C)n3)cc2)c1. The molecule has 8 heteroatoms. The minimum atomic E-state index is -0.223. The van der Waals surface area contributed by atoms with Crippen molar-refractivity contribution in [1.82, 2.24) is 19.5 Å². The van der Waals surface area contributed by atoms with Gasteiger partial charge in [0, 0.05) is 23.0 Å². The number of ether oxygens (including phenoxy) is 2. The van der Waals surface area contributed by atoms with E-state index in [0.717, 1.165) is 11.4 Å². The number of aryl methyl sites for hydroxylation is 2. The Kier molecular flexibility index (Phi) is 5.85. The lowest BCUT2D eigenvalue weighted by molar-refractivity contribution is 0.102. The number of methoxy groups -OCH3 is 1. The molecule has 162 valence electrons. The van der Waals surface area contributed by atoms with Crippen molar-refractivity contribution in [3.8, 4) is 23.2 Å². The van der Waals surface area contributed by atoms with Crippen LogP contribution in [0.2, 0.25) is 0 Å². The average Bonchev–Trinajstić information content (AvgIpc) is 3.13. The topological polar surface area (TPSA) is 91.2 Å². The first kappa shape index (κ1) is 21.0. The van der Waals surface area contributed by atoms with Crippen molar-refractivity contribution in [2.45, 2.75) is 20.8 Å². The molecule has 0 aliphatic heterocycles. The van der Waals surface area contributed by atoms with Crippen LogP contribution in [0.1, 0.15) is 27.6 Å². The largest absolute Gasteiger partial charge is 0.497 e. The van der Waals surface area contributed by atoms with Gasteiger partial charge in [-0.3, -0.25) is 9.36 Å². The fraction of sp³-hybridized carbons (Fsp3) is 0.167. The molecule has 2 aromatic carbocycles. The molecule has 1 amide bonds. The molecule has 2 aromatic heterocycles. The first-order valence-corrected chi connectivity index (χ1v) is 10.0. The van der Waals surface area contributed by atoms with Crippen LogP contribution in [0.3, 0.4) is 0 Å². The number of benzene rings is 2. The molecule has 1 N–H and O–H groups in total. The molecule has 4 rings (SSSR count). The first-order chi connectivity index (χ1) is 15.4. The van der Waals surface area contributed by atoms with Gasteiger partial charge >= 0.3 is 0 Å². The lowest BCUT2D eigenvalue weighted by Gasteiger charge is -2.10. The summed E-state index contributed by atoms with van der Waals surface area (Å²) in [6.07, 6.45) is 1.73. The molecule has 0 atom stereocenters. The Morgan fingerprint density at radius 1 is 0.969 bits per heavy atom. The Hall–Kier alpha value is -4.20. The number of aromatic nitrogens is 4. The molecule has 0 aliphatic carbocycles. The van der Waals surface area contributed by atoms with E-state index in [1.165, 1.54) is 0 Å². The van der Waals surface area contributed by atoms with E-state index in [9.17, 15) is 4.79 Å². The fourth-order valence-corrected chi connectivity index (χ4v) is 3.13. The second-order valence-electron chi connectivity index (χ2n) is 7.21. The second-order valence-corrected chi connectivity index (χ2v) is 7.21. The molecule has 32 heavy (non-hydrogen) atoms. The monoisotopic (exact) mass is 429 g/mol. The van der Waals surface area contributed by atoms with Gasteiger partial charge in [-0.05, 0) is 63.2 Å². The van der Waals surface area contributed by atoms with Crippen molar-refractivity contribution in [3.05, 3.63) is 83.7 Å². The molecule has 0 aliphatic rings. The summed E-state index contributed by atoms with van der Waals surface area (Å²) in [5.41, 5.74) is 3.11. The van der Waals surface area contributed by atoms with Gasteiger partial charge in [0.25, 0.3) is 5.91 Å². The highest BCUT2D eigenvalue weighted by Gasteiger charge is 2.11. The number of nitrogens with zero attached hydrogens (tertiary/aromatic N) is 4. The predicted molar refractivity (Wildman–Crippen MR) is 121 cm³/mol. The van der Waals surface area contributed by atoms with Gasteiger partial charge in [0.1, 0.15) is 29.5 Å². The zero-order chi connectivity index (χ0) is 22.7. The molecule has 0 radical (unpaired) electrons. The van der Waals surface area contributed by atoms with Crippen LogP contribution < -0.4 is 14.8 Å².